The van der Waals surface area contributed by atoms with Gasteiger partial charge in [0.1, 0.15) is 0 Å². The number of hydrogen-bond acceptors (Lipinski definition) is 7. The van der Waals surface area contributed by atoms with Gasteiger partial charge in [0.2, 0.25) is 0 Å². The first kappa shape index (κ1) is 30.3. The minimum absolute atomic E-state index is 0.140. The lowest BCUT2D eigenvalue weighted by Gasteiger charge is -2.27. The van der Waals surface area contributed by atoms with Gasteiger partial charge in [0, 0.05) is 22.8 Å². The summed E-state index contributed by atoms with van der Waals surface area (Å²) in [5, 5.41) is 4.28. The van der Waals surface area contributed by atoms with E-state index in [1.165, 1.54) is 13.2 Å². The molecule has 0 saturated heterocycles. The molecule has 0 spiro atoms. The number of aryl methyl sites for hydroxylation is 1. The second-order valence-corrected chi connectivity index (χ2v) is 11.9. The van der Waals surface area contributed by atoms with Crippen molar-refractivity contribution >= 4 is 52.5 Å². The quantitative estimate of drug-likeness (QED) is 0.149. The van der Waals surface area contributed by atoms with Crippen LogP contribution in [-0.4, -0.2) is 53.8 Å². The number of carbonyl (C=O) groups is 3. The zero-order valence-electron chi connectivity index (χ0n) is 23.5. The van der Waals surface area contributed by atoms with Crippen molar-refractivity contribution in [3.05, 3.63) is 119 Å². The van der Waals surface area contributed by atoms with E-state index in [0.29, 0.717) is 24.1 Å². The highest BCUT2D eigenvalue weighted by Gasteiger charge is 2.41. The second kappa shape index (κ2) is 13.4. The van der Waals surface area contributed by atoms with Crippen LogP contribution >= 0.6 is 23.4 Å². The van der Waals surface area contributed by atoms with Gasteiger partial charge in [-0.3, -0.25) is 9.59 Å². The number of thioether (sulfide) groups is 1. The highest BCUT2D eigenvalue weighted by Crippen LogP contribution is 2.34. The highest BCUT2D eigenvalue weighted by molar-refractivity contribution is 7.99. The average molecular weight is 615 g/mol. The maximum atomic E-state index is 13.6. The van der Waals surface area contributed by atoms with E-state index in [1.807, 2.05) is 60.7 Å². The van der Waals surface area contributed by atoms with Crippen molar-refractivity contribution in [2.75, 3.05) is 24.3 Å². The Labute approximate surface area is 259 Å². The molecule has 3 N–H and O–H groups in total. The summed E-state index contributed by atoms with van der Waals surface area (Å²) in [5.41, 5.74) is 12.8. The number of benzene rings is 3. The van der Waals surface area contributed by atoms with E-state index >= 15 is 0 Å². The van der Waals surface area contributed by atoms with E-state index in [-0.39, 0.29) is 17.6 Å². The summed E-state index contributed by atoms with van der Waals surface area (Å²) in [6.07, 6.45) is 7.97. The van der Waals surface area contributed by atoms with Crippen LogP contribution in [0.25, 0.3) is 0 Å². The van der Waals surface area contributed by atoms with Gasteiger partial charge in [-0.15, -0.1) is 23.4 Å². The van der Waals surface area contributed by atoms with Gasteiger partial charge in [0.25, 0.3) is 11.8 Å². The van der Waals surface area contributed by atoms with Crippen LogP contribution in [0.1, 0.15) is 27.0 Å². The van der Waals surface area contributed by atoms with Gasteiger partial charge < -0.3 is 15.4 Å². The molecule has 220 valence electrons. The first-order chi connectivity index (χ1) is 20.8. The van der Waals surface area contributed by atoms with E-state index in [9.17, 15) is 14.4 Å². The van der Waals surface area contributed by atoms with Crippen molar-refractivity contribution in [1.29, 1.82) is 0 Å². The molecule has 2 unspecified atom stereocenters. The molecule has 0 fully saturated rings. The van der Waals surface area contributed by atoms with Crippen molar-refractivity contribution in [2.45, 2.75) is 28.7 Å². The Balaban J connectivity index is 1.34. The molecule has 43 heavy (non-hydrogen) atoms. The number of hydrogen-bond donors (Lipinski definition) is 2. The Hall–Kier alpha value is -4.18. The Bertz CT molecular complexity index is 1610. The molecule has 2 aliphatic rings. The Morgan fingerprint density at radius 1 is 1.05 bits per heavy atom. The van der Waals surface area contributed by atoms with Gasteiger partial charge in [-0.2, -0.15) is 5.10 Å². The van der Waals surface area contributed by atoms with Gasteiger partial charge in [0.05, 0.1) is 24.4 Å². The highest BCUT2D eigenvalue weighted by atomic mass is 35.5. The van der Waals surface area contributed by atoms with Crippen LogP contribution in [0, 0.1) is 0 Å². The van der Waals surface area contributed by atoms with Crippen molar-refractivity contribution < 1.29 is 19.1 Å². The van der Waals surface area contributed by atoms with Crippen LogP contribution in [0.3, 0.4) is 0 Å². The normalized spacial score (nSPS) is 19.9. The Morgan fingerprint density at radius 3 is 2.51 bits per heavy atom. The van der Waals surface area contributed by atoms with Crippen LogP contribution in [0.5, 0.6) is 0 Å². The number of hydrazone groups is 1. The summed E-state index contributed by atoms with van der Waals surface area (Å²) < 4.78 is 4.76. The minimum Gasteiger partial charge on any atom is -0.465 e. The maximum Gasteiger partial charge on any atom is 0.337 e. The number of methoxy groups -OCH3 is 1. The summed E-state index contributed by atoms with van der Waals surface area (Å²) >= 11 is 8.18. The monoisotopic (exact) mass is 614 g/mol. The number of nitrogens with zero attached hydrogens (tertiary/aromatic N) is 2. The summed E-state index contributed by atoms with van der Waals surface area (Å²) in [6, 6.07) is 22.4. The van der Waals surface area contributed by atoms with Crippen molar-refractivity contribution in [3.63, 3.8) is 0 Å². The summed E-state index contributed by atoms with van der Waals surface area (Å²) in [7, 11) is 1.36. The lowest BCUT2D eigenvalue weighted by molar-refractivity contribution is -0.122. The molecule has 10 heteroatoms. The number of fused-ring (bicyclic) bond motifs is 1. The number of esters is 1. The topological polar surface area (TPSA) is 114 Å². The number of carbonyl (C=O) groups excluding carboxylic acids is 3. The number of allylic oxidation sites excluding steroid dienone is 2. The number of rotatable bonds is 10. The predicted molar refractivity (Wildman–Crippen MR) is 171 cm³/mol. The van der Waals surface area contributed by atoms with Crippen molar-refractivity contribution in [1.82, 2.24) is 5.43 Å². The van der Waals surface area contributed by atoms with Crippen molar-refractivity contribution in [2.24, 2.45) is 10.8 Å². The van der Waals surface area contributed by atoms with E-state index in [1.54, 1.807) is 47.0 Å². The van der Waals surface area contributed by atoms with E-state index < -0.39 is 16.8 Å². The molecule has 5 rings (SSSR count). The summed E-state index contributed by atoms with van der Waals surface area (Å²) in [6.45, 7) is 0.453. The molecule has 0 saturated carbocycles. The maximum absolute atomic E-state index is 13.6. The molecule has 0 bridgehead atoms. The molecule has 3 aromatic rings. The fourth-order valence-corrected chi connectivity index (χ4v) is 5.99. The van der Waals surface area contributed by atoms with E-state index in [0.717, 1.165) is 33.9 Å². The SMILES string of the molecule is COC(=O)c1ccc(CCSc2ccc3c(c2)C(=NNC(=O)C2(Cl)C=CC=CC2N)C(=O)N3CCc2ccccc2)cc1. The third kappa shape index (κ3) is 6.74. The molecule has 1 aliphatic carbocycles. The molecule has 1 heterocycles. The first-order valence-electron chi connectivity index (χ1n) is 13.8. The summed E-state index contributed by atoms with van der Waals surface area (Å²) in [4.78, 5) is 39.5. The first-order valence-corrected chi connectivity index (χ1v) is 15.2. The molecule has 3 aromatic carbocycles. The number of alkyl halides is 1. The van der Waals surface area contributed by atoms with E-state index in [2.05, 4.69) is 10.5 Å². The molecular weight excluding hydrogens is 584 g/mol. The van der Waals surface area contributed by atoms with Crippen LogP contribution in [0.4, 0.5) is 5.69 Å². The number of anilines is 1. The zero-order valence-corrected chi connectivity index (χ0v) is 25.1. The largest absolute Gasteiger partial charge is 0.465 e. The van der Waals surface area contributed by atoms with Crippen LogP contribution in [0.15, 0.2) is 107 Å². The van der Waals surface area contributed by atoms with Gasteiger partial charge in [-0.1, -0.05) is 66.8 Å². The third-order valence-corrected chi connectivity index (χ3v) is 8.88. The predicted octanol–water partition coefficient (Wildman–Crippen LogP) is 4.65. The molecule has 2 amide bonds. The molecule has 8 nitrogen and oxygen atoms in total. The lowest BCUT2D eigenvalue weighted by atomic mass is 9.94. The molecule has 0 radical (unpaired) electrons. The number of nitrogens with two attached hydrogens (primary N) is 1. The molecular formula is C33H31ClN4O4S. The number of halogens is 1. The van der Waals surface area contributed by atoms with Crippen molar-refractivity contribution in [3.8, 4) is 0 Å². The van der Waals surface area contributed by atoms with Gasteiger partial charge in [-0.05, 0) is 54.3 Å². The van der Waals surface area contributed by atoms with Crippen LogP contribution in [-0.2, 0) is 27.2 Å². The fourth-order valence-electron chi connectivity index (χ4n) is 4.86. The van der Waals surface area contributed by atoms with Gasteiger partial charge in [0.15, 0.2) is 10.6 Å². The molecule has 2 atom stereocenters. The smallest absolute Gasteiger partial charge is 0.337 e. The number of amides is 2. The fraction of sp³-hybridized carbons (Fsp3) is 0.212. The minimum atomic E-state index is -1.51. The lowest BCUT2D eigenvalue weighted by Crippen LogP contribution is -2.52. The van der Waals surface area contributed by atoms with Gasteiger partial charge >= 0.3 is 5.97 Å². The summed E-state index contributed by atoms with van der Waals surface area (Å²) in [5.74, 6) is -0.504. The average Bonchev–Trinajstić information content (AvgIpc) is 3.29. The van der Waals surface area contributed by atoms with Gasteiger partial charge in [-0.25, -0.2) is 10.2 Å². The Kier molecular flexibility index (Phi) is 9.45. The third-order valence-electron chi connectivity index (χ3n) is 7.33. The molecule has 0 aromatic heterocycles. The second-order valence-electron chi connectivity index (χ2n) is 10.1. The number of nitrogens with one attached hydrogen (secondary N) is 1. The standard InChI is InChI=1S/C33H31ClN4O4S/c1-42-31(40)24-12-10-23(11-13-24)17-20-43-25-14-15-27-26(21-25)29(30(39)38(27)19-16-22-7-3-2-4-8-22)36-37-32(41)33(34)18-6-5-9-28(33)35/h2-15,18,21,28H,16-17,19-20,35H2,1H3,(H,37,41). The molecule has 1 aliphatic heterocycles. The zero-order chi connectivity index (χ0) is 30.4. The number of ether oxygens (including phenoxy) is 1. The van der Waals surface area contributed by atoms with E-state index in [4.69, 9.17) is 22.1 Å². The van der Waals surface area contributed by atoms with Crippen LogP contribution in [0.2, 0.25) is 0 Å². The van der Waals surface area contributed by atoms with Crippen LogP contribution < -0.4 is 16.1 Å². The Morgan fingerprint density at radius 2 is 1.79 bits per heavy atom.